The first-order chi connectivity index (χ1) is 15.2. The lowest BCUT2D eigenvalue weighted by Gasteiger charge is -2.40. The highest BCUT2D eigenvalue weighted by atomic mass is 19.1. The molecular formula is C22H26F2N4O4. The molecule has 0 aromatic heterocycles. The number of morpholine rings is 1. The molecule has 8 nitrogen and oxygen atoms in total. The molecule has 0 saturated carbocycles. The van der Waals surface area contributed by atoms with Gasteiger partial charge in [-0.25, -0.2) is 8.78 Å². The third-order valence-corrected chi connectivity index (χ3v) is 5.39. The van der Waals surface area contributed by atoms with E-state index >= 15 is 0 Å². The molecule has 1 amide bonds. The monoisotopic (exact) mass is 448 g/mol. The number of hydrogen-bond acceptors (Lipinski definition) is 6. The van der Waals surface area contributed by atoms with Gasteiger partial charge < -0.3 is 15.4 Å². The fourth-order valence-electron chi connectivity index (χ4n) is 4.04. The van der Waals surface area contributed by atoms with E-state index in [9.17, 15) is 23.7 Å². The molecular weight excluding hydrogens is 422 g/mol. The summed E-state index contributed by atoms with van der Waals surface area (Å²) in [6.07, 6.45) is -0.256. The number of nitrogens with one attached hydrogen (secondary N) is 2. The third kappa shape index (κ3) is 5.20. The van der Waals surface area contributed by atoms with Crippen molar-refractivity contribution in [2.24, 2.45) is 0 Å². The van der Waals surface area contributed by atoms with E-state index in [0.29, 0.717) is 18.8 Å². The van der Waals surface area contributed by atoms with Crippen LogP contribution in [-0.2, 0) is 4.74 Å². The molecule has 3 unspecified atom stereocenters. The number of carbonyl (C=O) groups excluding carboxylic acids is 1. The van der Waals surface area contributed by atoms with Crippen LogP contribution in [0, 0.1) is 21.7 Å². The second-order valence-electron chi connectivity index (χ2n) is 7.81. The molecule has 0 spiro atoms. The number of nitro benzene ring substituents is 1. The van der Waals surface area contributed by atoms with Crippen LogP contribution in [0.15, 0.2) is 36.4 Å². The first-order valence-corrected chi connectivity index (χ1v) is 10.3. The molecule has 0 aliphatic carbocycles. The smallest absolute Gasteiger partial charge is 0.270 e. The molecule has 0 radical (unpaired) electrons. The summed E-state index contributed by atoms with van der Waals surface area (Å²) < 4.78 is 35.2. The molecule has 1 aliphatic heterocycles. The standard InChI is InChI=1S/C22H26F2N4O4/c1-13-11-27(12-14(2)32-13)20(21-17(23)5-4-6-18(21)24)10-26-19-8-7-15(28(30)31)9-16(19)22(29)25-3/h4-9,13-14,20,26H,10-12H2,1-3H3,(H,25,29). The maximum Gasteiger partial charge on any atom is 0.270 e. The number of non-ortho nitro benzene ring substituents is 1. The Kier molecular flexibility index (Phi) is 7.37. The van der Waals surface area contributed by atoms with Gasteiger partial charge in [-0.1, -0.05) is 6.07 Å². The molecule has 32 heavy (non-hydrogen) atoms. The molecule has 1 heterocycles. The van der Waals surface area contributed by atoms with E-state index in [2.05, 4.69) is 10.6 Å². The SMILES string of the molecule is CNC(=O)c1cc([N+](=O)[O-])ccc1NCC(c1c(F)cccc1F)N1CC(C)OC(C)C1. The van der Waals surface area contributed by atoms with Gasteiger partial charge in [0.1, 0.15) is 11.6 Å². The topological polar surface area (TPSA) is 96.7 Å². The summed E-state index contributed by atoms with van der Waals surface area (Å²) in [7, 11) is 1.42. The fourth-order valence-corrected chi connectivity index (χ4v) is 4.04. The van der Waals surface area contributed by atoms with Crippen LogP contribution in [0.1, 0.15) is 35.8 Å². The minimum Gasteiger partial charge on any atom is -0.382 e. The first kappa shape index (κ1) is 23.6. The minimum atomic E-state index is -0.697. The van der Waals surface area contributed by atoms with Crippen molar-refractivity contribution >= 4 is 17.3 Å². The van der Waals surface area contributed by atoms with Gasteiger partial charge in [0, 0.05) is 50.1 Å². The highest BCUT2D eigenvalue weighted by molar-refractivity contribution is 6.00. The van der Waals surface area contributed by atoms with Gasteiger partial charge in [0.15, 0.2) is 0 Å². The number of amides is 1. The van der Waals surface area contributed by atoms with Crippen molar-refractivity contribution < 1.29 is 23.2 Å². The van der Waals surface area contributed by atoms with Crippen LogP contribution in [0.5, 0.6) is 0 Å². The minimum absolute atomic E-state index is 0.0677. The van der Waals surface area contributed by atoms with E-state index in [1.54, 1.807) is 0 Å². The Hall–Kier alpha value is -3.11. The summed E-state index contributed by atoms with van der Waals surface area (Å²) in [5, 5.41) is 16.6. The van der Waals surface area contributed by atoms with E-state index in [0.717, 1.165) is 0 Å². The zero-order chi connectivity index (χ0) is 23.4. The van der Waals surface area contributed by atoms with Gasteiger partial charge in [0.2, 0.25) is 0 Å². The Morgan fingerprint density at radius 1 is 1.22 bits per heavy atom. The Balaban J connectivity index is 1.96. The molecule has 2 aromatic carbocycles. The van der Waals surface area contributed by atoms with Gasteiger partial charge in [0.05, 0.1) is 28.7 Å². The number of nitro groups is 1. The summed E-state index contributed by atoms with van der Waals surface area (Å²) in [6, 6.07) is 6.88. The van der Waals surface area contributed by atoms with Gasteiger partial charge in [0.25, 0.3) is 11.6 Å². The van der Waals surface area contributed by atoms with Crippen LogP contribution in [0.3, 0.4) is 0 Å². The highest BCUT2D eigenvalue weighted by Crippen LogP contribution is 2.30. The summed E-state index contributed by atoms with van der Waals surface area (Å²) in [4.78, 5) is 24.8. The zero-order valence-corrected chi connectivity index (χ0v) is 18.1. The van der Waals surface area contributed by atoms with E-state index in [1.807, 2.05) is 18.7 Å². The lowest BCUT2D eigenvalue weighted by Crippen LogP contribution is -2.48. The van der Waals surface area contributed by atoms with Crippen LogP contribution >= 0.6 is 0 Å². The Bertz CT molecular complexity index is 974. The second-order valence-corrected chi connectivity index (χ2v) is 7.81. The lowest BCUT2D eigenvalue weighted by atomic mass is 10.0. The number of hydrogen-bond donors (Lipinski definition) is 2. The number of anilines is 1. The Morgan fingerprint density at radius 3 is 2.41 bits per heavy atom. The molecule has 0 bridgehead atoms. The van der Waals surface area contributed by atoms with Gasteiger partial charge in [-0.05, 0) is 32.0 Å². The number of carbonyl (C=O) groups is 1. The molecule has 2 N–H and O–H groups in total. The molecule has 3 atom stereocenters. The van der Waals surface area contributed by atoms with E-state index < -0.39 is 28.5 Å². The molecule has 1 saturated heterocycles. The maximum absolute atomic E-state index is 14.7. The van der Waals surface area contributed by atoms with Crippen molar-refractivity contribution in [1.29, 1.82) is 0 Å². The van der Waals surface area contributed by atoms with Crippen molar-refractivity contribution in [2.45, 2.75) is 32.1 Å². The molecule has 1 fully saturated rings. The number of halogens is 2. The number of nitrogens with zero attached hydrogens (tertiary/aromatic N) is 2. The molecule has 10 heteroatoms. The van der Waals surface area contributed by atoms with Crippen molar-refractivity contribution in [3.05, 3.63) is 69.3 Å². The summed E-state index contributed by atoms with van der Waals surface area (Å²) >= 11 is 0. The van der Waals surface area contributed by atoms with E-state index in [-0.39, 0.29) is 35.6 Å². The average Bonchev–Trinajstić information content (AvgIpc) is 2.74. The van der Waals surface area contributed by atoms with Gasteiger partial charge in [-0.15, -0.1) is 0 Å². The average molecular weight is 448 g/mol. The molecule has 2 aromatic rings. The maximum atomic E-state index is 14.7. The normalized spacial score (nSPS) is 19.9. The van der Waals surface area contributed by atoms with Gasteiger partial charge >= 0.3 is 0 Å². The molecule has 1 aliphatic rings. The van der Waals surface area contributed by atoms with Crippen molar-refractivity contribution in [1.82, 2.24) is 10.2 Å². The van der Waals surface area contributed by atoms with Crippen LogP contribution in [0.4, 0.5) is 20.2 Å². The van der Waals surface area contributed by atoms with Crippen molar-refractivity contribution in [3.8, 4) is 0 Å². The molecule has 172 valence electrons. The van der Waals surface area contributed by atoms with Crippen LogP contribution in [0.25, 0.3) is 0 Å². The lowest BCUT2D eigenvalue weighted by molar-refractivity contribution is -0.384. The van der Waals surface area contributed by atoms with Crippen LogP contribution < -0.4 is 10.6 Å². The first-order valence-electron chi connectivity index (χ1n) is 10.3. The number of rotatable bonds is 7. The Labute approximate surface area is 184 Å². The fraction of sp³-hybridized carbons (Fsp3) is 0.409. The van der Waals surface area contributed by atoms with Crippen LogP contribution in [-0.4, -0.2) is 54.6 Å². The number of benzene rings is 2. The predicted molar refractivity (Wildman–Crippen MR) is 116 cm³/mol. The second kappa shape index (κ2) is 10.0. The summed E-state index contributed by atoms with van der Waals surface area (Å²) in [5.74, 6) is -1.85. The van der Waals surface area contributed by atoms with E-state index in [1.165, 1.54) is 43.4 Å². The molecule has 3 rings (SSSR count). The highest BCUT2D eigenvalue weighted by Gasteiger charge is 2.32. The summed E-state index contributed by atoms with van der Waals surface area (Å²) in [5.41, 5.74) is 0.0793. The van der Waals surface area contributed by atoms with Crippen molar-refractivity contribution in [3.63, 3.8) is 0 Å². The Morgan fingerprint density at radius 2 is 1.84 bits per heavy atom. The largest absolute Gasteiger partial charge is 0.382 e. The third-order valence-electron chi connectivity index (χ3n) is 5.39. The zero-order valence-electron chi connectivity index (χ0n) is 18.1. The van der Waals surface area contributed by atoms with Gasteiger partial charge in [-0.3, -0.25) is 19.8 Å². The quantitative estimate of drug-likeness (QED) is 0.497. The summed E-state index contributed by atoms with van der Waals surface area (Å²) in [6.45, 7) is 4.79. The van der Waals surface area contributed by atoms with Gasteiger partial charge in [-0.2, -0.15) is 0 Å². The predicted octanol–water partition coefficient (Wildman–Crippen LogP) is 3.50. The van der Waals surface area contributed by atoms with E-state index in [4.69, 9.17) is 4.74 Å². The number of ether oxygens (including phenoxy) is 1. The van der Waals surface area contributed by atoms with Crippen molar-refractivity contribution in [2.75, 3.05) is 32.0 Å². The van der Waals surface area contributed by atoms with Crippen LogP contribution in [0.2, 0.25) is 0 Å².